The smallest absolute Gasteiger partial charge is 0.348 e. The molecular formula is C19H23NO5S2. The van der Waals surface area contributed by atoms with Crippen molar-refractivity contribution in [2.24, 2.45) is 0 Å². The van der Waals surface area contributed by atoms with Gasteiger partial charge in [-0.1, -0.05) is 12.1 Å². The number of carbonyl (C=O) groups excluding carboxylic acids is 2. The average molecular weight is 410 g/mol. The molecule has 0 aliphatic rings. The van der Waals surface area contributed by atoms with Crippen molar-refractivity contribution in [2.75, 3.05) is 11.9 Å². The second-order valence-electron chi connectivity index (χ2n) is 6.31. The molecule has 8 heteroatoms. The molecule has 2 rings (SSSR count). The van der Waals surface area contributed by atoms with Gasteiger partial charge in [0.05, 0.1) is 28.2 Å². The molecule has 0 atom stereocenters. The van der Waals surface area contributed by atoms with Crippen molar-refractivity contribution in [1.29, 1.82) is 0 Å². The largest absolute Gasteiger partial charge is 0.462 e. The number of hydrogen-bond acceptors (Lipinski definition) is 6. The minimum atomic E-state index is -3.33. The van der Waals surface area contributed by atoms with Crippen LogP contribution in [0.2, 0.25) is 0 Å². The molecule has 0 aliphatic heterocycles. The average Bonchev–Trinajstić information content (AvgIpc) is 2.95. The summed E-state index contributed by atoms with van der Waals surface area (Å²) in [6.07, 6.45) is 0.105. The molecule has 0 radical (unpaired) electrons. The van der Waals surface area contributed by atoms with Gasteiger partial charge in [0.15, 0.2) is 9.84 Å². The van der Waals surface area contributed by atoms with Crippen molar-refractivity contribution in [3.05, 3.63) is 46.3 Å². The van der Waals surface area contributed by atoms with E-state index in [-0.39, 0.29) is 17.2 Å². The van der Waals surface area contributed by atoms with Gasteiger partial charge in [0.25, 0.3) is 0 Å². The van der Waals surface area contributed by atoms with Crippen molar-refractivity contribution in [1.82, 2.24) is 0 Å². The van der Waals surface area contributed by atoms with Crippen LogP contribution in [-0.4, -0.2) is 32.2 Å². The summed E-state index contributed by atoms with van der Waals surface area (Å²) in [6.45, 7) is 7.07. The van der Waals surface area contributed by atoms with Gasteiger partial charge in [0, 0.05) is 0 Å². The van der Waals surface area contributed by atoms with Gasteiger partial charge in [-0.3, -0.25) is 4.79 Å². The van der Waals surface area contributed by atoms with Crippen LogP contribution in [0.3, 0.4) is 0 Å². The van der Waals surface area contributed by atoms with Gasteiger partial charge in [-0.05, 0) is 57.0 Å². The summed E-state index contributed by atoms with van der Waals surface area (Å²) in [6, 6.07) is 8.04. The zero-order chi connectivity index (χ0) is 20.2. The molecule has 0 saturated heterocycles. The number of amides is 1. The van der Waals surface area contributed by atoms with E-state index in [1.165, 1.54) is 23.5 Å². The first-order chi connectivity index (χ1) is 12.6. The Balaban J connectivity index is 2.04. The number of benzene rings is 1. The van der Waals surface area contributed by atoms with E-state index in [0.29, 0.717) is 22.0 Å². The van der Waals surface area contributed by atoms with Gasteiger partial charge < -0.3 is 10.1 Å². The van der Waals surface area contributed by atoms with Gasteiger partial charge in [-0.25, -0.2) is 13.2 Å². The number of rotatable bonds is 7. The normalized spacial score (nSPS) is 11.4. The summed E-state index contributed by atoms with van der Waals surface area (Å²) in [4.78, 5) is 24.8. The summed E-state index contributed by atoms with van der Waals surface area (Å²) in [7, 11) is -3.33. The lowest BCUT2D eigenvalue weighted by molar-refractivity contribution is -0.115. The van der Waals surface area contributed by atoms with Crippen LogP contribution < -0.4 is 5.32 Å². The fourth-order valence-corrected chi connectivity index (χ4v) is 4.42. The molecule has 2 aromatic rings. The van der Waals surface area contributed by atoms with Crippen LogP contribution in [0.5, 0.6) is 0 Å². The lowest BCUT2D eigenvalue weighted by Crippen LogP contribution is -2.15. The predicted octanol–water partition coefficient (Wildman–Crippen LogP) is 3.60. The van der Waals surface area contributed by atoms with E-state index >= 15 is 0 Å². The SMILES string of the molecule is CCOC(=O)c1sc(NC(=O)Cc2ccc(S(=O)(=O)C(C)C)cc2)cc1C. The number of sulfone groups is 1. The molecule has 1 N–H and O–H groups in total. The summed E-state index contributed by atoms with van der Waals surface area (Å²) in [5.41, 5.74) is 1.45. The number of hydrogen-bond donors (Lipinski definition) is 1. The molecule has 0 aliphatic carbocycles. The van der Waals surface area contributed by atoms with Crippen LogP contribution in [0, 0.1) is 6.92 Å². The number of carbonyl (C=O) groups is 2. The molecule has 0 unspecified atom stereocenters. The van der Waals surface area contributed by atoms with Crippen LogP contribution in [0.15, 0.2) is 35.2 Å². The van der Waals surface area contributed by atoms with Gasteiger partial charge >= 0.3 is 5.97 Å². The van der Waals surface area contributed by atoms with Crippen molar-refractivity contribution >= 4 is 38.1 Å². The summed E-state index contributed by atoms with van der Waals surface area (Å²) in [5.74, 6) is -0.645. The zero-order valence-electron chi connectivity index (χ0n) is 15.7. The van der Waals surface area contributed by atoms with Gasteiger partial charge in [0.1, 0.15) is 4.88 Å². The van der Waals surface area contributed by atoms with Crippen molar-refractivity contribution in [2.45, 2.75) is 44.3 Å². The highest BCUT2D eigenvalue weighted by Crippen LogP contribution is 2.27. The molecule has 1 amide bonds. The molecule has 1 aromatic carbocycles. The van der Waals surface area contributed by atoms with E-state index in [1.807, 2.05) is 0 Å². The number of nitrogens with one attached hydrogen (secondary N) is 1. The number of thiophene rings is 1. The van der Waals surface area contributed by atoms with Gasteiger partial charge in [-0.15, -0.1) is 11.3 Å². The van der Waals surface area contributed by atoms with Crippen LogP contribution in [-0.2, 0) is 25.8 Å². The van der Waals surface area contributed by atoms with E-state index in [4.69, 9.17) is 4.74 Å². The maximum atomic E-state index is 12.2. The minimum absolute atomic E-state index is 0.105. The zero-order valence-corrected chi connectivity index (χ0v) is 17.4. The molecule has 0 fully saturated rings. The van der Waals surface area contributed by atoms with Gasteiger partial charge in [0.2, 0.25) is 5.91 Å². The monoisotopic (exact) mass is 409 g/mol. The number of anilines is 1. The van der Waals surface area contributed by atoms with Crippen LogP contribution in [0.4, 0.5) is 5.00 Å². The highest BCUT2D eigenvalue weighted by atomic mass is 32.2. The fraction of sp³-hybridized carbons (Fsp3) is 0.368. The third-order valence-electron chi connectivity index (χ3n) is 3.88. The third kappa shape index (κ3) is 5.17. The highest BCUT2D eigenvalue weighted by Gasteiger charge is 2.19. The second kappa shape index (κ2) is 8.67. The third-order valence-corrected chi connectivity index (χ3v) is 7.18. The maximum absolute atomic E-state index is 12.2. The molecule has 0 bridgehead atoms. The summed E-state index contributed by atoms with van der Waals surface area (Å²) >= 11 is 1.17. The van der Waals surface area contributed by atoms with E-state index < -0.39 is 21.1 Å². The van der Waals surface area contributed by atoms with E-state index in [2.05, 4.69) is 5.32 Å². The van der Waals surface area contributed by atoms with Crippen molar-refractivity contribution in [3.63, 3.8) is 0 Å². The van der Waals surface area contributed by atoms with E-state index in [9.17, 15) is 18.0 Å². The number of ether oxygens (including phenoxy) is 1. The maximum Gasteiger partial charge on any atom is 0.348 e. The molecule has 0 spiro atoms. The summed E-state index contributed by atoms with van der Waals surface area (Å²) < 4.78 is 29.2. The first kappa shape index (κ1) is 21.1. The molecular weight excluding hydrogens is 386 g/mol. The Hall–Kier alpha value is -2.19. The molecule has 1 aromatic heterocycles. The van der Waals surface area contributed by atoms with Crippen molar-refractivity contribution in [3.8, 4) is 0 Å². The second-order valence-corrected chi connectivity index (χ2v) is 9.86. The summed E-state index contributed by atoms with van der Waals surface area (Å²) in [5, 5.41) is 2.84. The van der Waals surface area contributed by atoms with Crippen LogP contribution in [0.25, 0.3) is 0 Å². The molecule has 27 heavy (non-hydrogen) atoms. The Morgan fingerprint density at radius 3 is 2.37 bits per heavy atom. The van der Waals surface area contributed by atoms with Gasteiger partial charge in [-0.2, -0.15) is 0 Å². The molecule has 6 nitrogen and oxygen atoms in total. The first-order valence-corrected chi connectivity index (χ1v) is 10.9. The van der Waals surface area contributed by atoms with Crippen LogP contribution in [0.1, 0.15) is 41.6 Å². The molecule has 0 saturated carbocycles. The Morgan fingerprint density at radius 2 is 1.81 bits per heavy atom. The standard InChI is InChI=1S/C19H23NO5S2/c1-5-25-19(22)18-13(4)10-17(26-18)20-16(21)11-14-6-8-15(9-7-14)27(23,24)12(2)3/h6-10,12H,5,11H2,1-4H3,(H,20,21). The molecule has 1 heterocycles. The highest BCUT2D eigenvalue weighted by molar-refractivity contribution is 7.92. The van der Waals surface area contributed by atoms with E-state index in [1.54, 1.807) is 45.9 Å². The lowest BCUT2D eigenvalue weighted by Gasteiger charge is -2.08. The quantitative estimate of drug-likeness (QED) is 0.706. The topological polar surface area (TPSA) is 89.5 Å². The predicted molar refractivity (Wildman–Crippen MR) is 106 cm³/mol. The van der Waals surface area contributed by atoms with E-state index in [0.717, 1.165) is 5.56 Å². The van der Waals surface area contributed by atoms with Crippen molar-refractivity contribution < 1.29 is 22.7 Å². The number of aryl methyl sites for hydroxylation is 1. The first-order valence-electron chi connectivity index (χ1n) is 8.55. The van der Waals surface area contributed by atoms with Crippen LogP contribution >= 0.6 is 11.3 Å². The Bertz CT molecular complexity index is 928. The Labute approximate surface area is 163 Å². The molecule has 146 valence electrons. The Kier molecular flexibility index (Phi) is 6.78. The number of esters is 1. The fourth-order valence-electron chi connectivity index (χ4n) is 2.38. The lowest BCUT2D eigenvalue weighted by atomic mass is 10.1. The Morgan fingerprint density at radius 1 is 1.19 bits per heavy atom. The minimum Gasteiger partial charge on any atom is -0.462 e.